The van der Waals surface area contributed by atoms with E-state index in [1.165, 1.54) is 32.2 Å². The van der Waals surface area contributed by atoms with E-state index in [0.717, 1.165) is 6.07 Å². The van der Waals surface area contributed by atoms with Crippen molar-refractivity contribution in [3.63, 3.8) is 0 Å². The summed E-state index contributed by atoms with van der Waals surface area (Å²) in [5, 5.41) is 41.7. The predicted molar refractivity (Wildman–Crippen MR) is 103 cm³/mol. The highest BCUT2D eigenvalue weighted by Gasteiger charge is 2.25. The number of benzene rings is 3. The van der Waals surface area contributed by atoms with Gasteiger partial charge in [-0.25, -0.2) is 0 Å². The summed E-state index contributed by atoms with van der Waals surface area (Å²) >= 11 is 0. The standard InChI is InChI=1S/C21H18O8/c1-9(22)3-14(24)18-12(7-16(26)29-2)5-10-4-11-6-13(23)8-15(25)17(11)20(27)19(10)21(18)28/h4-6,8,23,25,27-28H,3,7H2,1-2H3. The Labute approximate surface area is 164 Å². The summed E-state index contributed by atoms with van der Waals surface area (Å²) in [7, 11) is 1.17. The molecule has 0 aliphatic carbocycles. The average molecular weight is 398 g/mol. The number of hydrogen-bond donors (Lipinski definition) is 4. The second kappa shape index (κ2) is 7.31. The summed E-state index contributed by atoms with van der Waals surface area (Å²) in [6.07, 6.45) is -0.843. The third-order valence-corrected chi connectivity index (χ3v) is 4.58. The number of fused-ring (bicyclic) bond motifs is 2. The molecule has 0 saturated carbocycles. The Morgan fingerprint density at radius 2 is 1.55 bits per heavy atom. The molecule has 0 unspecified atom stereocenters. The topological polar surface area (TPSA) is 141 Å². The van der Waals surface area contributed by atoms with Gasteiger partial charge < -0.3 is 25.2 Å². The largest absolute Gasteiger partial charge is 0.508 e. The molecule has 0 saturated heterocycles. The number of methoxy groups -OCH3 is 1. The number of ketones is 2. The average Bonchev–Trinajstić information content (AvgIpc) is 2.59. The maximum Gasteiger partial charge on any atom is 0.310 e. The molecule has 150 valence electrons. The minimum Gasteiger partial charge on any atom is -0.508 e. The number of aromatic hydroxyl groups is 4. The van der Waals surface area contributed by atoms with Gasteiger partial charge in [0.2, 0.25) is 0 Å². The number of ether oxygens (including phenoxy) is 1. The third-order valence-electron chi connectivity index (χ3n) is 4.58. The fraction of sp³-hybridized carbons (Fsp3) is 0.190. The Balaban J connectivity index is 2.42. The first kappa shape index (κ1) is 19.9. The fourth-order valence-corrected chi connectivity index (χ4v) is 3.40. The maximum atomic E-state index is 12.6. The third kappa shape index (κ3) is 3.52. The van der Waals surface area contributed by atoms with E-state index < -0.39 is 41.2 Å². The normalized spacial score (nSPS) is 11.0. The van der Waals surface area contributed by atoms with E-state index >= 15 is 0 Å². The van der Waals surface area contributed by atoms with Crippen LogP contribution in [-0.2, 0) is 20.7 Å². The van der Waals surface area contributed by atoms with Gasteiger partial charge in [0.05, 0.1) is 36.3 Å². The number of carbonyl (C=O) groups is 3. The van der Waals surface area contributed by atoms with Gasteiger partial charge in [-0.1, -0.05) is 0 Å². The van der Waals surface area contributed by atoms with Crippen molar-refractivity contribution < 1.29 is 39.5 Å². The zero-order chi connectivity index (χ0) is 21.5. The van der Waals surface area contributed by atoms with Gasteiger partial charge in [0, 0.05) is 6.07 Å². The summed E-state index contributed by atoms with van der Waals surface area (Å²) in [5.41, 5.74) is -0.151. The number of rotatable bonds is 5. The molecule has 0 amide bonds. The lowest BCUT2D eigenvalue weighted by Crippen LogP contribution is -2.13. The van der Waals surface area contributed by atoms with E-state index in [1.807, 2.05) is 0 Å². The number of esters is 1. The first-order valence-electron chi connectivity index (χ1n) is 8.59. The highest BCUT2D eigenvalue weighted by molar-refractivity contribution is 6.17. The van der Waals surface area contributed by atoms with Crippen molar-refractivity contribution in [1.29, 1.82) is 0 Å². The Morgan fingerprint density at radius 1 is 0.897 bits per heavy atom. The van der Waals surface area contributed by atoms with Crippen LogP contribution in [0, 0.1) is 0 Å². The molecule has 0 fully saturated rings. The van der Waals surface area contributed by atoms with E-state index in [1.54, 1.807) is 0 Å². The smallest absolute Gasteiger partial charge is 0.310 e. The van der Waals surface area contributed by atoms with Crippen LogP contribution in [0.5, 0.6) is 23.0 Å². The minimum atomic E-state index is -0.717. The molecular weight excluding hydrogens is 380 g/mol. The maximum absolute atomic E-state index is 12.6. The lowest BCUT2D eigenvalue weighted by atomic mass is 9.91. The monoisotopic (exact) mass is 398 g/mol. The second-order valence-electron chi connectivity index (χ2n) is 6.70. The summed E-state index contributed by atoms with van der Waals surface area (Å²) in [5.74, 6) is -3.59. The van der Waals surface area contributed by atoms with Crippen molar-refractivity contribution in [3.05, 3.63) is 35.4 Å². The van der Waals surface area contributed by atoms with Gasteiger partial charge in [0.15, 0.2) is 5.78 Å². The van der Waals surface area contributed by atoms with Crippen LogP contribution >= 0.6 is 0 Å². The molecule has 8 heteroatoms. The molecule has 4 N–H and O–H groups in total. The van der Waals surface area contributed by atoms with Crippen molar-refractivity contribution in [2.24, 2.45) is 0 Å². The van der Waals surface area contributed by atoms with Crippen molar-refractivity contribution in [2.75, 3.05) is 7.11 Å². The van der Waals surface area contributed by atoms with Crippen LogP contribution in [0.4, 0.5) is 0 Å². The molecule has 3 aromatic rings. The van der Waals surface area contributed by atoms with Gasteiger partial charge in [-0.3, -0.25) is 14.4 Å². The second-order valence-corrected chi connectivity index (χ2v) is 6.70. The Morgan fingerprint density at radius 3 is 2.17 bits per heavy atom. The van der Waals surface area contributed by atoms with Crippen molar-refractivity contribution in [1.82, 2.24) is 0 Å². The molecule has 0 heterocycles. The number of hydrogen-bond acceptors (Lipinski definition) is 8. The first-order chi connectivity index (χ1) is 13.6. The molecule has 0 spiro atoms. The molecule has 29 heavy (non-hydrogen) atoms. The molecule has 0 atom stereocenters. The van der Waals surface area contributed by atoms with Gasteiger partial charge in [-0.2, -0.15) is 0 Å². The molecule has 0 aromatic heterocycles. The quantitative estimate of drug-likeness (QED) is 0.222. The fourth-order valence-electron chi connectivity index (χ4n) is 3.40. The molecule has 3 aromatic carbocycles. The van der Waals surface area contributed by atoms with E-state index in [-0.39, 0.29) is 44.8 Å². The zero-order valence-electron chi connectivity index (χ0n) is 15.6. The van der Waals surface area contributed by atoms with Crippen molar-refractivity contribution >= 4 is 39.1 Å². The summed E-state index contributed by atoms with van der Waals surface area (Å²) in [6, 6.07) is 5.22. The molecule has 3 rings (SSSR count). The number of phenols is 4. The number of carbonyl (C=O) groups excluding carboxylic acids is 3. The van der Waals surface area contributed by atoms with Crippen molar-refractivity contribution in [3.8, 4) is 23.0 Å². The molecule has 0 aliphatic rings. The zero-order valence-corrected chi connectivity index (χ0v) is 15.6. The van der Waals surface area contributed by atoms with Crippen LogP contribution in [0.15, 0.2) is 24.3 Å². The van der Waals surface area contributed by atoms with Crippen LogP contribution in [0.3, 0.4) is 0 Å². The molecule has 0 bridgehead atoms. The van der Waals surface area contributed by atoms with Crippen LogP contribution in [0.25, 0.3) is 21.5 Å². The van der Waals surface area contributed by atoms with Gasteiger partial charge in [0.25, 0.3) is 0 Å². The molecule has 0 aliphatic heterocycles. The first-order valence-corrected chi connectivity index (χ1v) is 8.59. The van der Waals surface area contributed by atoms with Gasteiger partial charge in [-0.15, -0.1) is 0 Å². The number of phenolic OH excluding ortho intramolecular Hbond substituents is 4. The Hall–Kier alpha value is -3.81. The summed E-state index contributed by atoms with van der Waals surface area (Å²) < 4.78 is 4.63. The van der Waals surface area contributed by atoms with Crippen molar-refractivity contribution in [2.45, 2.75) is 19.8 Å². The lowest BCUT2D eigenvalue weighted by molar-refractivity contribution is -0.139. The van der Waals surface area contributed by atoms with Crippen LogP contribution < -0.4 is 0 Å². The van der Waals surface area contributed by atoms with Crippen LogP contribution in [0.1, 0.15) is 29.3 Å². The van der Waals surface area contributed by atoms with E-state index in [9.17, 15) is 34.8 Å². The highest BCUT2D eigenvalue weighted by Crippen LogP contribution is 2.46. The summed E-state index contributed by atoms with van der Waals surface area (Å²) in [4.78, 5) is 35.8. The van der Waals surface area contributed by atoms with Gasteiger partial charge >= 0.3 is 5.97 Å². The number of Topliss-reactive ketones (excluding diaryl/α,β-unsaturated/α-hetero) is 2. The molecule has 0 radical (unpaired) electrons. The molecular formula is C21H18O8. The van der Waals surface area contributed by atoms with Crippen LogP contribution in [0.2, 0.25) is 0 Å². The minimum absolute atomic E-state index is 0.0312. The van der Waals surface area contributed by atoms with E-state index in [4.69, 9.17) is 0 Å². The van der Waals surface area contributed by atoms with E-state index in [0.29, 0.717) is 0 Å². The van der Waals surface area contributed by atoms with Gasteiger partial charge in [0.1, 0.15) is 28.8 Å². The molecule has 8 nitrogen and oxygen atoms in total. The SMILES string of the molecule is COC(=O)Cc1cc2cc3cc(O)cc(O)c3c(O)c2c(O)c1C(=O)CC(C)=O. The highest BCUT2D eigenvalue weighted by atomic mass is 16.5. The Bertz CT molecular complexity index is 1190. The Kier molecular flexibility index (Phi) is 5.02. The van der Waals surface area contributed by atoms with Gasteiger partial charge in [-0.05, 0) is 41.5 Å². The van der Waals surface area contributed by atoms with Crippen LogP contribution in [-0.4, -0.2) is 45.1 Å². The summed E-state index contributed by atoms with van der Waals surface area (Å²) in [6.45, 7) is 1.21. The van der Waals surface area contributed by atoms with E-state index in [2.05, 4.69) is 4.74 Å². The lowest BCUT2D eigenvalue weighted by Gasteiger charge is -2.15. The predicted octanol–water partition coefficient (Wildman–Crippen LogP) is 2.69.